The molecule has 1 fully saturated rings. The predicted molar refractivity (Wildman–Crippen MR) is 87.5 cm³/mol. The number of hydrogen-bond acceptors (Lipinski definition) is 4. The van der Waals surface area contributed by atoms with Crippen LogP contribution in [0.25, 0.3) is 0 Å². The molecule has 1 N–H and O–H groups in total. The number of pyridine rings is 1. The van der Waals surface area contributed by atoms with Gasteiger partial charge in [-0.05, 0) is 38.3 Å². The lowest BCUT2D eigenvalue weighted by Gasteiger charge is -2.28. The van der Waals surface area contributed by atoms with Crippen molar-refractivity contribution in [1.82, 2.24) is 14.8 Å². The number of aryl methyl sites for hydroxylation is 1. The van der Waals surface area contributed by atoms with Crippen molar-refractivity contribution in [2.24, 2.45) is 0 Å². The normalized spacial score (nSPS) is 17.9. The number of nitrogens with zero attached hydrogens (tertiary/aromatic N) is 3. The molecule has 7 nitrogen and oxygen atoms in total. The quantitative estimate of drug-likeness (QED) is 0.897. The van der Waals surface area contributed by atoms with E-state index >= 15 is 0 Å². The smallest absolute Gasteiger partial charge is 0.323 e. The summed E-state index contributed by atoms with van der Waals surface area (Å²) in [6.45, 7) is 4.00. The molecular weight excluding hydrogens is 310 g/mol. The highest BCUT2D eigenvalue weighted by Crippen LogP contribution is 2.18. The Morgan fingerprint density at radius 2 is 2.04 bits per heavy atom. The van der Waals surface area contributed by atoms with Gasteiger partial charge in [0.25, 0.3) is 5.91 Å². The second-order valence-electron chi connectivity index (χ2n) is 6.08. The number of aromatic nitrogens is 1. The van der Waals surface area contributed by atoms with Gasteiger partial charge in [-0.1, -0.05) is 6.07 Å². The third-order valence-corrected chi connectivity index (χ3v) is 4.24. The number of amides is 2. The van der Waals surface area contributed by atoms with Crippen molar-refractivity contribution in [3.8, 4) is 0 Å². The van der Waals surface area contributed by atoms with Gasteiger partial charge in [0.1, 0.15) is 12.2 Å². The lowest BCUT2D eigenvalue weighted by atomic mass is 10.1. The van der Waals surface area contributed by atoms with Crippen LogP contribution in [0.3, 0.4) is 0 Å². The summed E-state index contributed by atoms with van der Waals surface area (Å²) in [5.41, 5.74) is 1.21. The first-order valence-electron chi connectivity index (χ1n) is 8.10. The van der Waals surface area contributed by atoms with Gasteiger partial charge in [-0.3, -0.25) is 14.4 Å². The number of hydrogen-bond donors (Lipinski definition) is 1. The van der Waals surface area contributed by atoms with Gasteiger partial charge in [0.05, 0.1) is 0 Å². The zero-order chi connectivity index (χ0) is 17.7. The number of carboxylic acids is 1. The lowest BCUT2D eigenvalue weighted by Crippen LogP contribution is -2.43. The van der Waals surface area contributed by atoms with E-state index in [-0.39, 0.29) is 24.4 Å². The van der Waals surface area contributed by atoms with Crippen molar-refractivity contribution in [1.29, 1.82) is 0 Å². The van der Waals surface area contributed by atoms with Crippen molar-refractivity contribution >= 4 is 17.8 Å². The SMILES string of the molecule is CC(=O)N(CC(=O)O)[C@H]1CCCN(C(=O)c2cccc(C)n2)CC1. The molecule has 2 rings (SSSR count). The van der Waals surface area contributed by atoms with Crippen LogP contribution in [0.4, 0.5) is 0 Å². The Bertz CT molecular complexity index is 632. The molecule has 0 radical (unpaired) electrons. The molecule has 1 aromatic rings. The van der Waals surface area contributed by atoms with E-state index in [0.29, 0.717) is 31.6 Å². The Balaban J connectivity index is 2.05. The maximum atomic E-state index is 12.6. The van der Waals surface area contributed by atoms with E-state index < -0.39 is 5.97 Å². The fraction of sp³-hybridized carbons (Fsp3) is 0.529. The molecule has 24 heavy (non-hydrogen) atoms. The third-order valence-electron chi connectivity index (χ3n) is 4.24. The minimum Gasteiger partial charge on any atom is -0.480 e. The Hall–Kier alpha value is -2.44. The van der Waals surface area contributed by atoms with Gasteiger partial charge >= 0.3 is 5.97 Å². The molecule has 2 amide bonds. The maximum Gasteiger partial charge on any atom is 0.323 e. The van der Waals surface area contributed by atoms with Gasteiger partial charge in [-0.2, -0.15) is 0 Å². The Kier molecular flexibility index (Phi) is 5.89. The van der Waals surface area contributed by atoms with Crippen LogP contribution in [0.2, 0.25) is 0 Å². The Morgan fingerprint density at radius 3 is 2.67 bits per heavy atom. The second kappa shape index (κ2) is 7.90. The summed E-state index contributed by atoms with van der Waals surface area (Å²) in [7, 11) is 0. The van der Waals surface area contributed by atoms with Crippen molar-refractivity contribution in [2.45, 2.75) is 39.2 Å². The largest absolute Gasteiger partial charge is 0.480 e. The van der Waals surface area contributed by atoms with Crippen LogP contribution < -0.4 is 0 Å². The maximum absolute atomic E-state index is 12.6. The monoisotopic (exact) mass is 333 g/mol. The predicted octanol–water partition coefficient (Wildman–Crippen LogP) is 1.32. The van der Waals surface area contributed by atoms with Gasteiger partial charge in [0.15, 0.2) is 0 Å². The van der Waals surface area contributed by atoms with E-state index in [1.165, 1.54) is 11.8 Å². The molecule has 1 saturated heterocycles. The molecule has 0 aliphatic carbocycles. The Labute approximate surface area is 141 Å². The van der Waals surface area contributed by atoms with E-state index in [2.05, 4.69) is 4.98 Å². The number of carboxylic acid groups (broad SMARTS) is 1. The summed E-state index contributed by atoms with van der Waals surface area (Å²) >= 11 is 0. The van der Waals surface area contributed by atoms with E-state index in [1.807, 2.05) is 13.0 Å². The van der Waals surface area contributed by atoms with Gasteiger partial charge in [-0.15, -0.1) is 0 Å². The molecule has 0 aromatic carbocycles. The zero-order valence-electron chi connectivity index (χ0n) is 14.1. The van der Waals surface area contributed by atoms with E-state index in [9.17, 15) is 14.4 Å². The average Bonchev–Trinajstić information content (AvgIpc) is 2.77. The fourth-order valence-electron chi connectivity index (χ4n) is 3.06. The van der Waals surface area contributed by atoms with Crippen LogP contribution in [0.15, 0.2) is 18.2 Å². The lowest BCUT2D eigenvalue weighted by molar-refractivity contribution is -0.145. The average molecular weight is 333 g/mol. The van der Waals surface area contributed by atoms with Crippen LogP contribution in [0, 0.1) is 6.92 Å². The van der Waals surface area contributed by atoms with Crippen molar-refractivity contribution in [3.05, 3.63) is 29.6 Å². The summed E-state index contributed by atoms with van der Waals surface area (Å²) < 4.78 is 0. The molecule has 2 heterocycles. The van der Waals surface area contributed by atoms with Crippen LogP contribution in [-0.4, -0.2) is 63.4 Å². The van der Waals surface area contributed by atoms with Gasteiger partial charge < -0.3 is 14.9 Å². The molecule has 0 bridgehead atoms. The highest BCUT2D eigenvalue weighted by atomic mass is 16.4. The molecule has 1 aliphatic heterocycles. The molecule has 1 aromatic heterocycles. The molecule has 1 atom stereocenters. The first-order valence-corrected chi connectivity index (χ1v) is 8.10. The summed E-state index contributed by atoms with van der Waals surface area (Å²) in [4.78, 5) is 42.7. The zero-order valence-corrected chi connectivity index (χ0v) is 14.1. The summed E-state index contributed by atoms with van der Waals surface area (Å²) in [5, 5.41) is 8.98. The molecule has 130 valence electrons. The van der Waals surface area contributed by atoms with Gasteiger partial charge in [0, 0.05) is 31.7 Å². The van der Waals surface area contributed by atoms with E-state index in [1.54, 1.807) is 17.0 Å². The topological polar surface area (TPSA) is 90.8 Å². The standard InChI is InChI=1S/C17H23N3O4/c1-12-5-3-7-15(18-12)17(24)19-9-4-6-14(8-10-19)20(13(2)21)11-16(22)23/h3,5,7,14H,4,6,8-11H2,1-2H3,(H,22,23)/t14-/m0/s1. The number of aliphatic carboxylic acids is 1. The molecule has 0 unspecified atom stereocenters. The first-order chi connectivity index (χ1) is 11.4. The summed E-state index contributed by atoms with van der Waals surface area (Å²) in [6.07, 6.45) is 1.99. The molecular formula is C17H23N3O4. The van der Waals surface area contributed by atoms with Crippen LogP contribution >= 0.6 is 0 Å². The van der Waals surface area contributed by atoms with Gasteiger partial charge in [-0.25, -0.2) is 4.98 Å². The van der Waals surface area contributed by atoms with Crippen LogP contribution in [0.1, 0.15) is 42.4 Å². The molecule has 0 spiro atoms. The van der Waals surface area contributed by atoms with Crippen LogP contribution in [0.5, 0.6) is 0 Å². The Morgan fingerprint density at radius 1 is 1.29 bits per heavy atom. The number of likely N-dealkylation sites (tertiary alicyclic amines) is 1. The number of carbonyl (C=O) groups excluding carboxylic acids is 2. The summed E-state index contributed by atoms with van der Waals surface area (Å²) in [6, 6.07) is 5.19. The molecule has 0 saturated carbocycles. The minimum absolute atomic E-state index is 0.119. The van der Waals surface area contributed by atoms with Crippen molar-refractivity contribution in [2.75, 3.05) is 19.6 Å². The van der Waals surface area contributed by atoms with Gasteiger partial charge in [0.2, 0.25) is 5.91 Å². The fourth-order valence-corrected chi connectivity index (χ4v) is 3.06. The van der Waals surface area contributed by atoms with E-state index in [4.69, 9.17) is 5.11 Å². The second-order valence-corrected chi connectivity index (χ2v) is 6.08. The number of carbonyl (C=O) groups is 3. The third kappa shape index (κ3) is 4.53. The van der Waals surface area contributed by atoms with E-state index in [0.717, 1.165) is 12.1 Å². The first kappa shape index (κ1) is 17.9. The van der Waals surface area contributed by atoms with Crippen LogP contribution in [-0.2, 0) is 9.59 Å². The summed E-state index contributed by atoms with van der Waals surface area (Å²) in [5.74, 6) is -1.39. The van der Waals surface area contributed by atoms with Crippen molar-refractivity contribution < 1.29 is 19.5 Å². The highest BCUT2D eigenvalue weighted by molar-refractivity contribution is 5.92. The molecule has 1 aliphatic rings. The number of rotatable bonds is 4. The van der Waals surface area contributed by atoms with Crippen molar-refractivity contribution in [3.63, 3.8) is 0 Å². The highest BCUT2D eigenvalue weighted by Gasteiger charge is 2.28. The minimum atomic E-state index is -1.02. The molecule has 7 heteroatoms.